The van der Waals surface area contributed by atoms with E-state index in [1.165, 1.54) is 7.11 Å². The molecule has 0 bridgehead atoms. The van der Waals surface area contributed by atoms with E-state index in [-0.39, 0.29) is 24.5 Å². The SMILES string of the molecule is COc1nc(NN)nc(N(CCO)CC(F)(F)F)n1. The van der Waals surface area contributed by atoms with Gasteiger partial charge in [0.05, 0.1) is 13.7 Å². The van der Waals surface area contributed by atoms with Gasteiger partial charge in [-0.2, -0.15) is 28.1 Å². The second-order valence-corrected chi connectivity index (χ2v) is 3.35. The zero-order valence-electron chi connectivity index (χ0n) is 9.98. The number of rotatable bonds is 6. The average molecular weight is 282 g/mol. The lowest BCUT2D eigenvalue weighted by Crippen LogP contribution is -2.37. The molecule has 0 aliphatic heterocycles. The van der Waals surface area contributed by atoms with Gasteiger partial charge in [0, 0.05) is 6.54 Å². The molecule has 1 aromatic rings. The Bertz CT molecular complexity index is 394. The topological polar surface area (TPSA) is 109 Å². The highest BCUT2D eigenvalue weighted by molar-refractivity contribution is 5.37. The molecule has 108 valence electrons. The molecule has 0 aromatic carbocycles. The van der Waals surface area contributed by atoms with E-state index >= 15 is 0 Å². The van der Waals surface area contributed by atoms with Crippen LogP contribution in [-0.2, 0) is 0 Å². The molecule has 0 fully saturated rings. The minimum absolute atomic E-state index is 0.146. The molecule has 0 aliphatic carbocycles. The Morgan fingerprint density at radius 1 is 1.37 bits per heavy atom. The van der Waals surface area contributed by atoms with Gasteiger partial charge in [0.25, 0.3) is 0 Å². The first-order valence-corrected chi connectivity index (χ1v) is 5.09. The second-order valence-electron chi connectivity index (χ2n) is 3.35. The van der Waals surface area contributed by atoms with Crippen LogP contribution in [0.2, 0.25) is 0 Å². The van der Waals surface area contributed by atoms with Gasteiger partial charge in [-0.15, -0.1) is 0 Å². The van der Waals surface area contributed by atoms with Crippen molar-refractivity contribution in [1.82, 2.24) is 15.0 Å². The molecule has 1 aromatic heterocycles. The van der Waals surface area contributed by atoms with Crippen molar-refractivity contribution in [2.24, 2.45) is 5.84 Å². The third-order valence-electron chi connectivity index (χ3n) is 1.94. The fraction of sp³-hybridized carbons (Fsp3) is 0.625. The van der Waals surface area contributed by atoms with Crippen LogP contribution in [0.25, 0.3) is 0 Å². The Kier molecular flexibility index (Phi) is 5.06. The predicted octanol–water partition coefficient (Wildman–Crippen LogP) is -0.473. The van der Waals surface area contributed by atoms with Gasteiger partial charge in [-0.1, -0.05) is 0 Å². The quantitative estimate of drug-likeness (QED) is 0.474. The first-order chi connectivity index (χ1) is 8.89. The summed E-state index contributed by atoms with van der Waals surface area (Å²) in [4.78, 5) is 11.8. The smallest absolute Gasteiger partial charge is 0.406 e. The number of aromatic nitrogens is 3. The summed E-state index contributed by atoms with van der Waals surface area (Å²) in [5, 5.41) is 8.80. The maximum absolute atomic E-state index is 12.4. The van der Waals surface area contributed by atoms with Crippen molar-refractivity contribution in [1.29, 1.82) is 0 Å². The van der Waals surface area contributed by atoms with E-state index in [1.807, 2.05) is 0 Å². The number of aliphatic hydroxyl groups excluding tert-OH is 1. The fourth-order valence-corrected chi connectivity index (χ4v) is 1.23. The van der Waals surface area contributed by atoms with Gasteiger partial charge >= 0.3 is 12.2 Å². The summed E-state index contributed by atoms with van der Waals surface area (Å²) in [6.45, 7) is -2.10. The number of alkyl halides is 3. The monoisotopic (exact) mass is 282 g/mol. The van der Waals surface area contributed by atoms with Gasteiger partial charge in [0.15, 0.2) is 0 Å². The first kappa shape index (κ1) is 15.2. The Morgan fingerprint density at radius 3 is 2.53 bits per heavy atom. The van der Waals surface area contributed by atoms with E-state index in [4.69, 9.17) is 15.7 Å². The van der Waals surface area contributed by atoms with Gasteiger partial charge in [-0.05, 0) is 0 Å². The Morgan fingerprint density at radius 2 is 2.05 bits per heavy atom. The summed E-state index contributed by atoms with van der Waals surface area (Å²) in [5.41, 5.74) is 2.09. The number of halogens is 3. The molecule has 0 atom stereocenters. The number of aliphatic hydroxyl groups is 1. The third-order valence-corrected chi connectivity index (χ3v) is 1.94. The standard InChI is InChI=1S/C8H13F3N6O2/c1-19-7-14-5(16-12)13-6(15-7)17(2-3-18)4-8(9,10)11/h18H,2-4,12H2,1H3,(H,13,14,15,16). The number of nitrogens with two attached hydrogens (primary N) is 1. The lowest BCUT2D eigenvalue weighted by molar-refractivity contribution is -0.120. The van der Waals surface area contributed by atoms with Crippen molar-refractivity contribution < 1.29 is 23.0 Å². The molecule has 0 saturated heterocycles. The molecule has 1 heterocycles. The van der Waals surface area contributed by atoms with Crippen LogP contribution in [0.4, 0.5) is 25.1 Å². The van der Waals surface area contributed by atoms with Gasteiger partial charge in [0.1, 0.15) is 6.54 Å². The highest BCUT2D eigenvalue weighted by atomic mass is 19.4. The second kappa shape index (κ2) is 6.33. The summed E-state index contributed by atoms with van der Waals surface area (Å²) in [6, 6.07) is -0.192. The zero-order chi connectivity index (χ0) is 14.5. The first-order valence-electron chi connectivity index (χ1n) is 5.09. The molecular weight excluding hydrogens is 269 g/mol. The summed E-state index contributed by atoms with van der Waals surface area (Å²) in [6.07, 6.45) is -4.47. The molecule has 11 heteroatoms. The van der Waals surface area contributed by atoms with E-state index in [1.54, 1.807) is 0 Å². The van der Waals surface area contributed by atoms with Crippen LogP contribution in [0.3, 0.4) is 0 Å². The Hall–Kier alpha value is -1.88. The van der Waals surface area contributed by atoms with Gasteiger partial charge in [-0.25, -0.2) is 5.84 Å². The van der Waals surface area contributed by atoms with Crippen LogP contribution in [-0.4, -0.2) is 53.0 Å². The van der Waals surface area contributed by atoms with Crippen molar-refractivity contribution in [3.8, 4) is 6.01 Å². The van der Waals surface area contributed by atoms with E-state index in [0.717, 1.165) is 4.90 Å². The number of hydrogen-bond acceptors (Lipinski definition) is 8. The van der Waals surface area contributed by atoms with Crippen molar-refractivity contribution >= 4 is 11.9 Å². The largest absolute Gasteiger partial charge is 0.467 e. The van der Waals surface area contributed by atoms with Crippen LogP contribution in [0, 0.1) is 0 Å². The molecule has 4 N–H and O–H groups in total. The number of nitrogen functional groups attached to an aromatic ring is 1. The number of nitrogens with zero attached hydrogens (tertiary/aromatic N) is 4. The number of hydrogen-bond donors (Lipinski definition) is 3. The zero-order valence-corrected chi connectivity index (χ0v) is 9.98. The molecule has 1 rings (SSSR count). The molecule has 19 heavy (non-hydrogen) atoms. The summed E-state index contributed by atoms with van der Waals surface area (Å²) in [7, 11) is 1.25. The normalized spacial score (nSPS) is 11.3. The number of hydrazine groups is 1. The fourth-order valence-electron chi connectivity index (χ4n) is 1.23. The maximum Gasteiger partial charge on any atom is 0.406 e. The van der Waals surface area contributed by atoms with E-state index in [9.17, 15) is 13.2 Å². The van der Waals surface area contributed by atoms with Crippen molar-refractivity contribution in [2.45, 2.75) is 6.18 Å². The third kappa shape index (κ3) is 4.71. The summed E-state index contributed by atoms with van der Waals surface area (Å²) < 4.78 is 42.0. The van der Waals surface area contributed by atoms with Crippen molar-refractivity contribution in [3.05, 3.63) is 0 Å². The predicted molar refractivity (Wildman–Crippen MR) is 59.5 cm³/mol. The van der Waals surface area contributed by atoms with Crippen LogP contribution in [0.5, 0.6) is 6.01 Å². The molecule has 0 spiro atoms. The van der Waals surface area contributed by atoms with E-state index in [0.29, 0.717) is 0 Å². The maximum atomic E-state index is 12.4. The number of anilines is 2. The average Bonchev–Trinajstić information content (AvgIpc) is 2.36. The van der Waals surface area contributed by atoms with E-state index < -0.39 is 19.3 Å². The number of methoxy groups -OCH3 is 1. The lowest BCUT2D eigenvalue weighted by atomic mass is 10.5. The minimum Gasteiger partial charge on any atom is -0.467 e. The van der Waals surface area contributed by atoms with Crippen molar-refractivity contribution in [2.75, 3.05) is 37.1 Å². The lowest BCUT2D eigenvalue weighted by Gasteiger charge is -2.23. The van der Waals surface area contributed by atoms with Gasteiger partial charge in [0.2, 0.25) is 11.9 Å². The molecule has 0 radical (unpaired) electrons. The van der Waals surface area contributed by atoms with E-state index in [2.05, 4.69) is 20.4 Å². The molecule has 0 saturated carbocycles. The number of nitrogens with one attached hydrogen (secondary N) is 1. The van der Waals surface area contributed by atoms with Crippen LogP contribution in [0.15, 0.2) is 0 Å². The Balaban J connectivity index is 3.06. The highest BCUT2D eigenvalue weighted by Crippen LogP contribution is 2.21. The van der Waals surface area contributed by atoms with Crippen LogP contribution >= 0.6 is 0 Å². The number of ether oxygens (including phenoxy) is 1. The minimum atomic E-state index is -4.47. The summed E-state index contributed by atoms with van der Waals surface area (Å²) in [5.74, 6) is 4.65. The van der Waals surface area contributed by atoms with Crippen molar-refractivity contribution in [3.63, 3.8) is 0 Å². The molecule has 0 unspecified atom stereocenters. The molecule has 8 nitrogen and oxygen atoms in total. The Labute approximate surface area is 106 Å². The van der Waals surface area contributed by atoms with Crippen LogP contribution < -0.4 is 20.9 Å². The summed E-state index contributed by atoms with van der Waals surface area (Å²) >= 11 is 0. The van der Waals surface area contributed by atoms with Gasteiger partial charge in [-0.3, -0.25) is 5.43 Å². The van der Waals surface area contributed by atoms with Crippen LogP contribution in [0.1, 0.15) is 0 Å². The molecular formula is C8H13F3N6O2. The molecule has 0 aliphatic rings. The highest BCUT2D eigenvalue weighted by Gasteiger charge is 2.32. The van der Waals surface area contributed by atoms with Gasteiger partial charge < -0.3 is 14.7 Å². The molecule has 0 amide bonds.